The minimum Gasteiger partial charge on any atom is -0.490 e. The Labute approximate surface area is 163 Å². The number of carbonyl (C=O) groups is 1. The second-order valence-electron chi connectivity index (χ2n) is 8.76. The number of hydrogen-bond acceptors (Lipinski definition) is 2. The van der Waals surface area contributed by atoms with Crippen LogP contribution in [-0.4, -0.2) is 12.9 Å². The Morgan fingerprint density at radius 3 is 2.11 bits per heavy atom. The van der Waals surface area contributed by atoms with E-state index in [1.165, 1.54) is 70.3 Å². The zero-order chi connectivity index (χ0) is 19.1. The Balaban J connectivity index is 1.36. The van der Waals surface area contributed by atoms with Gasteiger partial charge in [0.05, 0.1) is 12.2 Å². The van der Waals surface area contributed by atoms with Crippen LogP contribution in [0.4, 0.5) is 4.39 Å². The van der Waals surface area contributed by atoms with Gasteiger partial charge in [-0.1, -0.05) is 51.5 Å². The molecule has 0 bridgehead atoms. The average Bonchev–Trinajstić information content (AvgIpc) is 2.71. The predicted octanol–water partition coefficient (Wildman–Crippen LogP) is 6.82. The topological polar surface area (TPSA) is 26.3 Å². The van der Waals surface area contributed by atoms with Gasteiger partial charge in [-0.3, -0.25) is 4.79 Å². The molecule has 0 saturated heterocycles. The molecular weight excluding hydrogens is 339 g/mol. The Hall–Kier alpha value is -1.38. The number of aldehydes is 1. The molecule has 2 saturated carbocycles. The highest BCUT2D eigenvalue weighted by molar-refractivity contribution is 5.76. The summed E-state index contributed by atoms with van der Waals surface area (Å²) >= 11 is 0. The highest BCUT2D eigenvalue weighted by Crippen LogP contribution is 2.42. The van der Waals surface area contributed by atoms with Crippen LogP contribution >= 0.6 is 0 Å². The molecule has 1 aromatic carbocycles. The summed E-state index contributed by atoms with van der Waals surface area (Å²) in [4.78, 5) is 10.8. The van der Waals surface area contributed by atoms with Gasteiger partial charge in [0.15, 0.2) is 17.9 Å². The van der Waals surface area contributed by atoms with Gasteiger partial charge in [-0.05, 0) is 67.9 Å². The number of halogens is 1. The van der Waals surface area contributed by atoms with E-state index in [-0.39, 0.29) is 11.3 Å². The highest BCUT2D eigenvalue weighted by Gasteiger charge is 2.30. The van der Waals surface area contributed by atoms with Crippen LogP contribution in [0.2, 0.25) is 0 Å². The van der Waals surface area contributed by atoms with E-state index in [9.17, 15) is 9.18 Å². The summed E-state index contributed by atoms with van der Waals surface area (Å²) in [5.74, 6) is 3.28. The lowest BCUT2D eigenvalue weighted by atomic mass is 9.68. The predicted molar refractivity (Wildman–Crippen MR) is 108 cm³/mol. The number of hydrogen-bond donors (Lipinski definition) is 0. The van der Waals surface area contributed by atoms with Crippen LogP contribution in [0.3, 0.4) is 0 Å². The smallest absolute Gasteiger partial charge is 0.175 e. The molecule has 0 radical (unpaired) electrons. The Morgan fingerprint density at radius 1 is 0.963 bits per heavy atom. The van der Waals surface area contributed by atoms with Crippen molar-refractivity contribution in [3.8, 4) is 5.75 Å². The monoisotopic (exact) mass is 374 g/mol. The van der Waals surface area contributed by atoms with Crippen LogP contribution in [0.5, 0.6) is 5.75 Å². The first-order valence-corrected chi connectivity index (χ1v) is 11.1. The van der Waals surface area contributed by atoms with E-state index in [0.29, 0.717) is 18.8 Å². The minimum atomic E-state index is -0.533. The molecule has 3 rings (SSSR count). The summed E-state index contributed by atoms with van der Waals surface area (Å²) in [6.07, 6.45) is 15.4. The van der Waals surface area contributed by atoms with Crippen molar-refractivity contribution < 1.29 is 13.9 Å². The molecule has 2 aliphatic rings. The second kappa shape index (κ2) is 10.2. The Morgan fingerprint density at radius 2 is 1.56 bits per heavy atom. The number of benzene rings is 1. The van der Waals surface area contributed by atoms with Gasteiger partial charge in [-0.2, -0.15) is 0 Å². The molecule has 1 aromatic rings. The summed E-state index contributed by atoms with van der Waals surface area (Å²) in [5, 5.41) is 0. The maximum Gasteiger partial charge on any atom is 0.175 e. The van der Waals surface area contributed by atoms with Gasteiger partial charge in [0.1, 0.15) is 0 Å². The zero-order valence-electron chi connectivity index (χ0n) is 16.8. The van der Waals surface area contributed by atoms with Crippen LogP contribution < -0.4 is 4.74 Å². The summed E-state index contributed by atoms with van der Waals surface area (Å²) in [7, 11) is 0. The zero-order valence-corrected chi connectivity index (χ0v) is 16.8. The van der Waals surface area contributed by atoms with Crippen molar-refractivity contribution in [1.29, 1.82) is 0 Å². The van der Waals surface area contributed by atoms with Crippen molar-refractivity contribution >= 4 is 6.29 Å². The Bertz CT molecular complexity index is 584. The van der Waals surface area contributed by atoms with Gasteiger partial charge in [-0.25, -0.2) is 4.39 Å². The first kappa shape index (κ1) is 20.4. The molecule has 0 unspecified atom stereocenters. The number of ether oxygens (including phenoxy) is 1. The van der Waals surface area contributed by atoms with Crippen molar-refractivity contribution in [3.05, 3.63) is 29.6 Å². The van der Waals surface area contributed by atoms with E-state index in [1.54, 1.807) is 12.1 Å². The number of carbonyl (C=O) groups excluding carboxylic acids is 1. The molecular formula is C24H35FO2. The van der Waals surface area contributed by atoms with E-state index in [2.05, 4.69) is 6.92 Å². The van der Waals surface area contributed by atoms with Crippen molar-refractivity contribution in [2.75, 3.05) is 6.61 Å². The molecule has 0 spiro atoms. The summed E-state index contributed by atoms with van der Waals surface area (Å²) < 4.78 is 19.6. The van der Waals surface area contributed by atoms with Crippen molar-refractivity contribution in [2.24, 2.45) is 23.7 Å². The van der Waals surface area contributed by atoms with E-state index in [4.69, 9.17) is 4.74 Å². The Kier molecular flexibility index (Phi) is 7.72. The molecule has 0 heterocycles. The fourth-order valence-electron chi connectivity index (χ4n) is 5.37. The third kappa shape index (κ3) is 5.56. The van der Waals surface area contributed by atoms with Gasteiger partial charge < -0.3 is 4.74 Å². The molecule has 2 nitrogen and oxygen atoms in total. The molecule has 0 aromatic heterocycles. The summed E-state index contributed by atoms with van der Waals surface area (Å²) in [5.41, 5.74) is 0.0710. The summed E-state index contributed by atoms with van der Waals surface area (Å²) in [6.45, 7) is 2.85. The molecule has 2 aliphatic carbocycles. The van der Waals surface area contributed by atoms with Crippen molar-refractivity contribution in [3.63, 3.8) is 0 Å². The highest BCUT2D eigenvalue weighted by atomic mass is 19.1. The van der Waals surface area contributed by atoms with Crippen molar-refractivity contribution in [1.82, 2.24) is 0 Å². The molecule has 27 heavy (non-hydrogen) atoms. The number of rotatable bonds is 8. The second-order valence-corrected chi connectivity index (χ2v) is 8.76. The van der Waals surface area contributed by atoms with E-state index >= 15 is 0 Å². The molecule has 3 heteroatoms. The lowest BCUT2D eigenvalue weighted by Crippen LogP contribution is -2.26. The summed E-state index contributed by atoms with van der Waals surface area (Å²) in [6, 6.07) is 4.75. The van der Waals surface area contributed by atoms with Gasteiger partial charge in [0.25, 0.3) is 0 Å². The van der Waals surface area contributed by atoms with Gasteiger partial charge >= 0.3 is 0 Å². The molecule has 150 valence electrons. The largest absolute Gasteiger partial charge is 0.490 e. The van der Waals surface area contributed by atoms with Gasteiger partial charge in [0, 0.05) is 0 Å². The first-order chi connectivity index (χ1) is 13.2. The quantitative estimate of drug-likeness (QED) is 0.467. The standard InChI is InChI=1S/C24H35FO2/c1-2-4-18-7-11-20(12-8-18)21-13-9-19(10-14-21)15-16-27-23-6-3-5-22(17-26)24(23)25/h3,5-6,17-21H,2,4,7-16H2,1H3. The van der Waals surface area contributed by atoms with Gasteiger partial charge in [0.2, 0.25) is 0 Å². The van der Waals surface area contributed by atoms with Crippen LogP contribution in [0, 0.1) is 29.5 Å². The maximum atomic E-state index is 14.0. The lowest BCUT2D eigenvalue weighted by molar-refractivity contribution is 0.111. The maximum absolute atomic E-state index is 14.0. The van der Waals surface area contributed by atoms with Crippen LogP contribution in [0.25, 0.3) is 0 Å². The first-order valence-electron chi connectivity index (χ1n) is 11.1. The molecule has 0 aliphatic heterocycles. The molecule has 0 N–H and O–H groups in total. The van der Waals surface area contributed by atoms with E-state index < -0.39 is 5.82 Å². The lowest BCUT2D eigenvalue weighted by Gasteiger charge is -2.38. The van der Waals surface area contributed by atoms with Crippen LogP contribution in [-0.2, 0) is 0 Å². The fraction of sp³-hybridized carbons (Fsp3) is 0.708. The van der Waals surface area contributed by atoms with Gasteiger partial charge in [-0.15, -0.1) is 0 Å². The average molecular weight is 375 g/mol. The van der Waals surface area contributed by atoms with E-state index in [1.807, 2.05) is 0 Å². The van der Waals surface area contributed by atoms with E-state index in [0.717, 1.165) is 24.2 Å². The SMILES string of the molecule is CCCC1CCC(C2CCC(CCOc3cccc(C=O)c3F)CC2)CC1. The third-order valence-corrected chi connectivity index (χ3v) is 7.05. The van der Waals surface area contributed by atoms with Crippen LogP contribution in [0.15, 0.2) is 18.2 Å². The van der Waals surface area contributed by atoms with Crippen LogP contribution in [0.1, 0.15) is 87.9 Å². The third-order valence-electron chi connectivity index (χ3n) is 7.05. The normalized spacial score (nSPS) is 28.7. The molecule has 0 amide bonds. The molecule has 0 atom stereocenters. The fourth-order valence-corrected chi connectivity index (χ4v) is 5.37. The minimum absolute atomic E-state index is 0.0710. The van der Waals surface area contributed by atoms with Crippen molar-refractivity contribution in [2.45, 2.75) is 77.6 Å². The molecule has 2 fully saturated rings.